The second-order valence-corrected chi connectivity index (χ2v) is 3.11. The fourth-order valence-corrected chi connectivity index (χ4v) is 1.15. The highest BCUT2D eigenvalue weighted by Gasteiger charge is 2.34. The van der Waals surface area contributed by atoms with Gasteiger partial charge in [0.15, 0.2) is 6.10 Å². The van der Waals surface area contributed by atoms with Gasteiger partial charge in [-0.2, -0.15) is 0 Å². The SMILES string of the molecule is COC(=O)N1CC(OC(C)C(=O)O)C1. The van der Waals surface area contributed by atoms with Gasteiger partial charge in [0.25, 0.3) is 0 Å². The van der Waals surface area contributed by atoms with Crippen LogP contribution in [0.4, 0.5) is 4.79 Å². The van der Waals surface area contributed by atoms with Gasteiger partial charge in [-0.25, -0.2) is 9.59 Å². The summed E-state index contributed by atoms with van der Waals surface area (Å²) in [4.78, 5) is 22.8. The van der Waals surface area contributed by atoms with Crippen LogP contribution in [0.25, 0.3) is 0 Å². The van der Waals surface area contributed by atoms with E-state index in [9.17, 15) is 9.59 Å². The summed E-state index contributed by atoms with van der Waals surface area (Å²) >= 11 is 0. The summed E-state index contributed by atoms with van der Waals surface area (Å²) in [6, 6.07) is 0. The molecular formula is C8H13NO5. The van der Waals surface area contributed by atoms with Crippen molar-refractivity contribution >= 4 is 12.1 Å². The van der Waals surface area contributed by atoms with Crippen LogP contribution in [0.3, 0.4) is 0 Å². The zero-order valence-electron chi connectivity index (χ0n) is 8.10. The van der Waals surface area contributed by atoms with Crippen LogP contribution in [0.2, 0.25) is 0 Å². The molecule has 6 heteroatoms. The summed E-state index contributed by atoms with van der Waals surface area (Å²) in [5.41, 5.74) is 0. The van der Waals surface area contributed by atoms with E-state index in [2.05, 4.69) is 4.74 Å². The first kappa shape index (κ1) is 10.8. The summed E-state index contributed by atoms with van der Waals surface area (Å²) in [6.45, 7) is 2.25. The molecule has 14 heavy (non-hydrogen) atoms. The molecule has 0 bridgehead atoms. The van der Waals surface area contributed by atoms with Crippen molar-refractivity contribution in [1.82, 2.24) is 4.90 Å². The molecule has 1 N–H and O–H groups in total. The van der Waals surface area contributed by atoms with Crippen molar-refractivity contribution in [1.29, 1.82) is 0 Å². The number of likely N-dealkylation sites (tertiary alicyclic amines) is 1. The molecule has 1 atom stereocenters. The minimum atomic E-state index is -0.999. The van der Waals surface area contributed by atoms with E-state index in [4.69, 9.17) is 9.84 Å². The third kappa shape index (κ3) is 2.35. The molecule has 1 aliphatic heterocycles. The average molecular weight is 203 g/mol. The molecule has 0 radical (unpaired) electrons. The Morgan fingerprint density at radius 3 is 2.50 bits per heavy atom. The number of aliphatic carboxylic acids is 1. The third-order valence-corrected chi connectivity index (χ3v) is 2.03. The Labute approximate surface area is 81.4 Å². The van der Waals surface area contributed by atoms with Crippen LogP contribution in [0.1, 0.15) is 6.92 Å². The minimum Gasteiger partial charge on any atom is -0.479 e. The summed E-state index contributed by atoms with van der Waals surface area (Å²) in [5, 5.41) is 8.54. The molecule has 1 unspecified atom stereocenters. The fourth-order valence-electron chi connectivity index (χ4n) is 1.15. The molecule has 1 saturated heterocycles. The Bertz CT molecular complexity index is 236. The van der Waals surface area contributed by atoms with E-state index in [1.165, 1.54) is 18.9 Å². The van der Waals surface area contributed by atoms with Gasteiger partial charge >= 0.3 is 12.1 Å². The number of carboxylic acid groups (broad SMARTS) is 1. The van der Waals surface area contributed by atoms with Crippen LogP contribution >= 0.6 is 0 Å². The molecule has 6 nitrogen and oxygen atoms in total. The Kier molecular flexibility index (Phi) is 3.29. The van der Waals surface area contributed by atoms with Crippen molar-refractivity contribution in [3.8, 4) is 0 Å². The van der Waals surface area contributed by atoms with Crippen LogP contribution in [0.15, 0.2) is 0 Å². The Hall–Kier alpha value is -1.30. The number of rotatable bonds is 3. The van der Waals surface area contributed by atoms with E-state index in [1.54, 1.807) is 0 Å². The van der Waals surface area contributed by atoms with Gasteiger partial charge in [0.1, 0.15) is 0 Å². The van der Waals surface area contributed by atoms with E-state index in [0.717, 1.165) is 0 Å². The minimum absolute atomic E-state index is 0.194. The molecule has 80 valence electrons. The monoisotopic (exact) mass is 203 g/mol. The predicted octanol–water partition coefficient (Wildman–Crippen LogP) is -0.0733. The van der Waals surface area contributed by atoms with Crippen molar-refractivity contribution in [2.45, 2.75) is 19.1 Å². The van der Waals surface area contributed by atoms with Crippen molar-refractivity contribution in [2.75, 3.05) is 20.2 Å². The molecular weight excluding hydrogens is 190 g/mol. The molecule has 1 fully saturated rings. The van der Waals surface area contributed by atoms with Gasteiger partial charge in [-0.1, -0.05) is 0 Å². The lowest BCUT2D eigenvalue weighted by atomic mass is 10.2. The smallest absolute Gasteiger partial charge is 0.409 e. The van der Waals surface area contributed by atoms with Crippen LogP contribution in [-0.2, 0) is 14.3 Å². The van der Waals surface area contributed by atoms with E-state index in [0.29, 0.717) is 13.1 Å². The van der Waals surface area contributed by atoms with Gasteiger partial charge < -0.3 is 19.5 Å². The lowest BCUT2D eigenvalue weighted by Crippen LogP contribution is -2.56. The van der Waals surface area contributed by atoms with Crippen molar-refractivity contribution in [3.05, 3.63) is 0 Å². The second-order valence-electron chi connectivity index (χ2n) is 3.11. The number of nitrogens with zero attached hydrogens (tertiary/aromatic N) is 1. The lowest BCUT2D eigenvalue weighted by molar-refractivity contribution is -0.158. The Balaban J connectivity index is 2.22. The first-order valence-electron chi connectivity index (χ1n) is 4.25. The number of hydrogen-bond acceptors (Lipinski definition) is 4. The maximum Gasteiger partial charge on any atom is 0.409 e. The average Bonchev–Trinajstić information content (AvgIpc) is 2.08. The van der Waals surface area contributed by atoms with E-state index >= 15 is 0 Å². The van der Waals surface area contributed by atoms with E-state index in [-0.39, 0.29) is 6.10 Å². The predicted molar refractivity (Wildman–Crippen MR) is 45.9 cm³/mol. The zero-order valence-corrected chi connectivity index (χ0v) is 8.10. The third-order valence-electron chi connectivity index (χ3n) is 2.03. The molecule has 0 saturated carbocycles. The quantitative estimate of drug-likeness (QED) is 0.694. The van der Waals surface area contributed by atoms with E-state index < -0.39 is 18.2 Å². The van der Waals surface area contributed by atoms with Crippen LogP contribution in [0.5, 0.6) is 0 Å². The zero-order chi connectivity index (χ0) is 10.7. The summed E-state index contributed by atoms with van der Waals surface area (Å²) in [7, 11) is 1.30. The van der Waals surface area contributed by atoms with Crippen LogP contribution in [0, 0.1) is 0 Å². The maximum absolute atomic E-state index is 10.9. The molecule has 0 aromatic rings. The normalized spacial score (nSPS) is 18.6. The first-order valence-corrected chi connectivity index (χ1v) is 4.25. The fraction of sp³-hybridized carbons (Fsp3) is 0.750. The van der Waals surface area contributed by atoms with Crippen LogP contribution in [-0.4, -0.2) is 54.5 Å². The molecule has 0 spiro atoms. The number of carbonyl (C=O) groups is 2. The largest absolute Gasteiger partial charge is 0.479 e. The van der Waals surface area contributed by atoms with Gasteiger partial charge in [0.05, 0.1) is 26.3 Å². The lowest BCUT2D eigenvalue weighted by Gasteiger charge is -2.38. The van der Waals surface area contributed by atoms with Crippen LogP contribution < -0.4 is 0 Å². The maximum atomic E-state index is 10.9. The molecule has 1 rings (SSSR count). The van der Waals surface area contributed by atoms with Gasteiger partial charge in [0, 0.05) is 0 Å². The Morgan fingerprint density at radius 1 is 1.50 bits per heavy atom. The number of amides is 1. The number of carbonyl (C=O) groups excluding carboxylic acids is 1. The highest BCUT2D eigenvalue weighted by Crippen LogP contribution is 2.14. The number of ether oxygens (including phenoxy) is 2. The molecule has 0 aliphatic carbocycles. The van der Waals surface area contributed by atoms with Gasteiger partial charge in [-0.3, -0.25) is 0 Å². The van der Waals surface area contributed by atoms with Gasteiger partial charge in [-0.05, 0) is 6.92 Å². The van der Waals surface area contributed by atoms with Gasteiger partial charge in [0.2, 0.25) is 0 Å². The molecule has 1 aliphatic rings. The Morgan fingerprint density at radius 2 is 2.07 bits per heavy atom. The summed E-state index contributed by atoms with van der Waals surface area (Å²) < 4.78 is 9.59. The van der Waals surface area contributed by atoms with Crippen molar-refractivity contribution < 1.29 is 24.2 Å². The summed E-state index contributed by atoms with van der Waals surface area (Å²) in [6.07, 6.45) is -1.44. The molecule has 0 aromatic carbocycles. The number of carboxylic acids is 1. The highest BCUT2D eigenvalue weighted by atomic mass is 16.6. The van der Waals surface area contributed by atoms with Crippen molar-refractivity contribution in [2.24, 2.45) is 0 Å². The highest BCUT2D eigenvalue weighted by molar-refractivity contribution is 5.72. The number of hydrogen-bond donors (Lipinski definition) is 1. The molecule has 0 aromatic heterocycles. The molecule has 1 amide bonds. The molecule has 1 heterocycles. The topological polar surface area (TPSA) is 76.1 Å². The summed E-state index contributed by atoms with van der Waals surface area (Å²) in [5.74, 6) is -0.999. The second kappa shape index (κ2) is 4.28. The standard InChI is InChI=1S/C8H13NO5/c1-5(7(10)11)14-6-3-9(4-6)8(12)13-2/h5-6H,3-4H2,1-2H3,(H,10,11). The van der Waals surface area contributed by atoms with Gasteiger partial charge in [-0.15, -0.1) is 0 Å². The van der Waals surface area contributed by atoms with Crippen molar-refractivity contribution in [3.63, 3.8) is 0 Å². The first-order chi connectivity index (χ1) is 6.54. The van der Waals surface area contributed by atoms with E-state index in [1.807, 2.05) is 0 Å². The number of methoxy groups -OCH3 is 1.